The van der Waals surface area contributed by atoms with Gasteiger partial charge in [0.2, 0.25) is 5.78 Å². The van der Waals surface area contributed by atoms with Crippen LogP contribution in [0.3, 0.4) is 0 Å². The summed E-state index contributed by atoms with van der Waals surface area (Å²) in [6.07, 6.45) is 0. The molecule has 1 atom stereocenters. The van der Waals surface area contributed by atoms with Crippen LogP contribution in [0.15, 0.2) is 24.3 Å². The van der Waals surface area contributed by atoms with Gasteiger partial charge in [0, 0.05) is 25.3 Å². The molecule has 1 rings (SSSR count). The number of benzene rings is 1. The molecule has 19 heavy (non-hydrogen) atoms. The van der Waals surface area contributed by atoms with E-state index in [1.807, 2.05) is 45.0 Å². The Morgan fingerprint density at radius 2 is 1.63 bits per heavy atom. The van der Waals surface area contributed by atoms with Gasteiger partial charge in [-0.3, -0.25) is 9.69 Å². The molecule has 0 fully saturated rings. The van der Waals surface area contributed by atoms with Crippen LogP contribution in [0.2, 0.25) is 0 Å². The van der Waals surface area contributed by atoms with Crippen molar-refractivity contribution < 1.29 is 9.90 Å². The number of ketones is 1. The van der Waals surface area contributed by atoms with Crippen LogP contribution in [0.4, 0.5) is 5.69 Å². The van der Waals surface area contributed by atoms with Crippen molar-refractivity contribution in [2.24, 2.45) is 0 Å². The molecule has 0 aliphatic heterocycles. The number of hydrogen-bond donors (Lipinski definition) is 1. The zero-order valence-corrected chi connectivity index (χ0v) is 12.5. The second-order valence-electron chi connectivity index (χ2n) is 4.96. The van der Waals surface area contributed by atoms with Crippen LogP contribution < -0.4 is 4.90 Å². The van der Waals surface area contributed by atoms with Crippen molar-refractivity contribution in [3.8, 4) is 0 Å². The van der Waals surface area contributed by atoms with E-state index in [0.29, 0.717) is 18.7 Å². The van der Waals surface area contributed by atoms with E-state index < -0.39 is 5.72 Å². The average molecular weight is 264 g/mol. The van der Waals surface area contributed by atoms with Gasteiger partial charge in [-0.15, -0.1) is 0 Å². The first-order valence-corrected chi connectivity index (χ1v) is 6.64. The molecular formula is C15H24N2O2. The maximum absolute atomic E-state index is 12.4. The maximum Gasteiger partial charge on any atom is 0.209 e. The number of likely N-dealkylation sites (N-methyl/N-ethyl adjacent to an activating group) is 1. The molecule has 0 bridgehead atoms. The number of carbonyl (C=O) groups excluding carboxylic acids is 1. The normalized spacial score (nSPS) is 14.3. The van der Waals surface area contributed by atoms with Gasteiger partial charge < -0.3 is 10.0 Å². The van der Waals surface area contributed by atoms with Crippen LogP contribution in [0.25, 0.3) is 0 Å². The van der Waals surface area contributed by atoms with E-state index in [9.17, 15) is 9.90 Å². The van der Waals surface area contributed by atoms with E-state index in [1.165, 1.54) is 0 Å². The molecule has 4 heteroatoms. The SMILES string of the molecule is CCN(CC)C(C)(O)C(=O)c1ccc(N(C)C)cc1. The summed E-state index contributed by atoms with van der Waals surface area (Å²) in [6, 6.07) is 7.28. The molecule has 0 saturated carbocycles. The smallest absolute Gasteiger partial charge is 0.209 e. The summed E-state index contributed by atoms with van der Waals surface area (Å²) in [5.41, 5.74) is 0.102. The van der Waals surface area contributed by atoms with Gasteiger partial charge in [0.1, 0.15) is 0 Å². The summed E-state index contributed by atoms with van der Waals surface area (Å²) in [6.45, 7) is 6.68. The van der Waals surface area contributed by atoms with Crippen LogP contribution in [0, 0.1) is 0 Å². The van der Waals surface area contributed by atoms with Gasteiger partial charge in [-0.05, 0) is 44.3 Å². The molecule has 0 aliphatic carbocycles. The molecule has 0 amide bonds. The second-order valence-corrected chi connectivity index (χ2v) is 4.96. The molecule has 0 heterocycles. The molecular weight excluding hydrogens is 240 g/mol. The molecule has 0 aromatic heterocycles. The maximum atomic E-state index is 12.4. The first kappa shape index (κ1) is 15.7. The first-order valence-electron chi connectivity index (χ1n) is 6.64. The zero-order valence-electron chi connectivity index (χ0n) is 12.5. The van der Waals surface area contributed by atoms with Crippen LogP contribution in [-0.2, 0) is 0 Å². The predicted octanol–water partition coefficient (Wildman–Crippen LogP) is 1.99. The fourth-order valence-corrected chi connectivity index (χ4v) is 2.17. The van der Waals surface area contributed by atoms with Crippen LogP contribution >= 0.6 is 0 Å². The Bertz CT molecular complexity index is 420. The summed E-state index contributed by atoms with van der Waals surface area (Å²) < 4.78 is 0. The van der Waals surface area contributed by atoms with E-state index in [0.717, 1.165) is 5.69 Å². The Morgan fingerprint density at radius 3 is 2.00 bits per heavy atom. The second kappa shape index (κ2) is 6.17. The van der Waals surface area contributed by atoms with E-state index in [-0.39, 0.29) is 5.78 Å². The Labute approximate surface area is 115 Å². The fourth-order valence-electron chi connectivity index (χ4n) is 2.17. The van der Waals surface area contributed by atoms with Gasteiger partial charge in [0.25, 0.3) is 0 Å². The number of aliphatic hydroxyl groups is 1. The number of nitrogens with zero attached hydrogens (tertiary/aromatic N) is 2. The number of Topliss-reactive ketones (excluding diaryl/α,β-unsaturated/α-hetero) is 1. The lowest BCUT2D eigenvalue weighted by atomic mass is 10.00. The minimum Gasteiger partial charge on any atom is -0.378 e. The van der Waals surface area contributed by atoms with Gasteiger partial charge >= 0.3 is 0 Å². The van der Waals surface area contributed by atoms with Gasteiger partial charge in [-0.2, -0.15) is 0 Å². The van der Waals surface area contributed by atoms with Gasteiger partial charge in [-0.25, -0.2) is 0 Å². The Morgan fingerprint density at radius 1 is 1.16 bits per heavy atom. The monoisotopic (exact) mass is 264 g/mol. The summed E-state index contributed by atoms with van der Waals surface area (Å²) >= 11 is 0. The molecule has 4 nitrogen and oxygen atoms in total. The lowest BCUT2D eigenvalue weighted by Gasteiger charge is -2.34. The van der Waals surface area contributed by atoms with E-state index in [4.69, 9.17) is 0 Å². The van der Waals surface area contributed by atoms with Crippen molar-refractivity contribution in [2.75, 3.05) is 32.1 Å². The Balaban J connectivity index is 2.99. The van der Waals surface area contributed by atoms with Gasteiger partial charge in [-0.1, -0.05) is 13.8 Å². The van der Waals surface area contributed by atoms with Crippen molar-refractivity contribution in [3.05, 3.63) is 29.8 Å². The summed E-state index contributed by atoms with van der Waals surface area (Å²) in [5, 5.41) is 10.4. The number of anilines is 1. The largest absolute Gasteiger partial charge is 0.378 e. The summed E-state index contributed by atoms with van der Waals surface area (Å²) in [5.74, 6) is -0.262. The lowest BCUT2D eigenvalue weighted by molar-refractivity contribution is -0.0589. The third-order valence-electron chi connectivity index (χ3n) is 3.46. The van der Waals surface area contributed by atoms with E-state index in [2.05, 4.69) is 0 Å². The summed E-state index contributed by atoms with van der Waals surface area (Å²) in [4.78, 5) is 16.1. The highest BCUT2D eigenvalue weighted by Gasteiger charge is 2.35. The minimum atomic E-state index is -1.46. The molecule has 1 unspecified atom stereocenters. The predicted molar refractivity (Wildman–Crippen MR) is 78.6 cm³/mol. The lowest BCUT2D eigenvalue weighted by Crippen LogP contribution is -2.52. The molecule has 106 valence electrons. The third kappa shape index (κ3) is 3.33. The van der Waals surface area contributed by atoms with Crippen molar-refractivity contribution in [3.63, 3.8) is 0 Å². The topological polar surface area (TPSA) is 43.8 Å². The highest BCUT2D eigenvalue weighted by Crippen LogP contribution is 2.20. The Kier molecular flexibility index (Phi) is 5.09. The number of rotatable bonds is 6. The molecule has 0 radical (unpaired) electrons. The third-order valence-corrected chi connectivity index (χ3v) is 3.46. The highest BCUT2D eigenvalue weighted by atomic mass is 16.3. The molecule has 0 aliphatic rings. The van der Waals surface area contributed by atoms with Gasteiger partial charge in [0.05, 0.1) is 0 Å². The van der Waals surface area contributed by atoms with Crippen molar-refractivity contribution in [1.82, 2.24) is 4.90 Å². The molecule has 1 N–H and O–H groups in total. The average Bonchev–Trinajstić information content (AvgIpc) is 2.39. The van der Waals surface area contributed by atoms with E-state index in [1.54, 1.807) is 24.0 Å². The van der Waals surface area contributed by atoms with Crippen molar-refractivity contribution in [1.29, 1.82) is 0 Å². The van der Waals surface area contributed by atoms with Crippen LogP contribution in [-0.4, -0.2) is 48.7 Å². The highest BCUT2D eigenvalue weighted by molar-refractivity contribution is 6.01. The number of hydrogen-bond acceptors (Lipinski definition) is 4. The van der Waals surface area contributed by atoms with Crippen LogP contribution in [0.1, 0.15) is 31.1 Å². The molecule has 1 aromatic carbocycles. The standard InChI is InChI=1S/C15H24N2O2/c1-6-17(7-2)15(3,19)14(18)12-8-10-13(11-9-12)16(4)5/h8-11,19H,6-7H2,1-5H3. The van der Waals surface area contributed by atoms with Gasteiger partial charge in [0.15, 0.2) is 5.72 Å². The fraction of sp³-hybridized carbons (Fsp3) is 0.533. The molecule has 0 saturated heterocycles. The molecule has 0 spiro atoms. The van der Waals surface area contributed by atoms with E-state index >= 15 is 0 Å². The van der Waals surface area contributed by atoms with Crippen LogP contribution in [0.5, 0.6) is 0 Å². The number of carbonyl (C=O) groups is 1. The first-order chi connectivity index (χ1) is 8.84. The Hall–Kier alpha value is -1.39. The minimum absolute atomic E-state index is 0.262. The van der Waals surface area contributed by atoms with Crippen molar-refractivity contribution >= 4 is 11.5 Å². The summed E-state index contributed by atoms with van der Waals surface area (Å²) in [7, 11) is 3.89. The zero-order chi connectivity index (χ0) is 14.6. The quantitative estimate of drug-likeness (QED) is 0.630. The van der Waals surface area contributed by atoms with Crippen molar-refractivity contribution in [2.45, 2.75) is 26.5 Å². The molecule has 1 aromatic rings.